The second-order valence-electron chi connectivity index (χ2n) is 6.95. The molecule has 3 aromatic rings. The number of sulfonamides is 1. The number of benzene rings is 1. The highest BCUT2D eigenvalue weighted by Crippen LogP contribution is 2.23. The molecule has 2 aromatic heterocycles. The van der Waals surface area contributed by atoms with E-state index < -0.39 is 15.8 Å². The zero-order chi connectivity index (χ0) is 20.6. The maximum Gasteiger partial charge on any atom is 0.243 e. The highest BCUT2D eigenvalue weighted by molar-refractivity contribution is 7.89. The minimum atomic E-state index is -3.66. The van der Waals surface area contributed by atoms with Crippen molar-refractivity contribution >= 4 is 15.8 Å². The van der Waals surface area contributed by atoms with Crippen LogP contribution in [0.2, 0.25) is 0 Å². The molecule has 29 heavy (non-hydrogen) atoms. The molecule has 1 saturated heterocycles. The van der Waals surface area contributed by atoms with E-state index in [1.54, 1.807) is 11.6 Å². The van der Waals surface area contributed by atoms with Crippen LogP contribution in [0.4, 0.5) is 10.2 Å². The smallest absolute Gasteiger partial charge is 0.243 e. The highest BCUT2D eigenvalue weighted by atomic mass is 32.2. The first kappa shape index (κ1) is 19.5. The molecule has 152 valence electrons. The van der Waals surface area contributed by atoms with E-state index in [0.29, 0.717) is 43.4 Å². The number of rotatable bonds is 4. The van der Waals surface area contributed by atoms with Crippen molar-refractivity contribution in [2.75, 3.05) is 31.1 Å². The predicted octanol–water partition coefficient (Wildman–Crippen LogP) is 1.93. The van der Waals surface area contributed by atoms with Gasteiger partial charge < -0.3 is 4.90 Å². The van der Waals surface area contributed by atoms with Crippen LogP contribution in [0.5, 0.6) is 0 Å². The number of piperazine rings is 1. The van der Waals surface area contributed by atoms with Gasteiger partial charge in [0.1, 0.15) is 5.82 Å². The molecule has 8 nitrogen and oxygen atoms in total. The molecule has 0 radical (unpaired) electrons. The molecule has 1 fully saturated rings. The van der Waals surface area contributed by atoms with Crippen LogP contribution >= 0.6 is 0 Å². The van der Waals surface area contributed by atoms with Crippen LogP contribution in [0.15, 0.2) is 47.5 Å². The van der Waals surface area contributed by atoms with E-state index in [1.165, 1.54) is 22.5 Å². The SMILES string of the molecule is Cc1ccn(-c2ccc(N3CCN(S(=O)(=O)c4ccc(F)cc4C)CC3)nn2)n1. The van der Waals surface area contributed by atoms with Gasteiger partial charge in [0, 0.05) is 32.4 Å². The van der Waals surface area contributed by atoms with Crippen LogP contribution in [-0.4, -0.2) is 58.9 Å². The van der Waals surface area contributed by atoms with Crippen molar-refractivity contribution in [1.29, 1.82) is 0 Å². The van der Waals surface area contributed by atoms with Crippen LogP contribution in [0, 0.1) is 19.7 Å². The lowest BCUT2D eigenvalue weighted by Gasteiger charge is -2.34. The molecule has 3 heterocycles. The number of aromatic nitrogens is 4. The van der Waals surface area contributed by atoms with Crippen molar-refractivity contribution in [1.82, 2.24) is 24.3 Å². The van der Waals surface area contributed by atoms with Crippen molar-refractivity contribution in [3.8, 4) is 5.82 Å². The molecular weight excluding hydrogens is 395 g/mol. The summed E-state index contributed by atoms with van der Waals surface area (Å²) in [5.74, 6) is 0.862. The van der Waals surface area contributed by atoms with Gasteiger partial charge in [0.05, 0.1) is 10.6 Å². The van der Waals surface area contributed by atoms with Gasteiger partial charge in [-0.15, -0.1) is 10.2 Å². The first-order valence-corrected chi connectivity index (χ1v) is 10.7. The number of anilines is 1. The van der Waals surface area contributed by atoms with Gasteiger partial charge in [-0.2, -0.15) is 9.40 Å². The summed E-state index contributed by atoms with van der Waals surface area (Å²) >= 11 is 0. The summed E-state index contributed by atoms with van der Waals surface area (Å²) in [5, 5.41) is 12.8. The Morgan fingerprint density at radius 1 is 0.931 bits per heavy atom. The normalized spacial score (nSPS) is 15.6. The lowest BCUT2D eigenvalue weighted by molar-refractivity contribution is 0.383. The lowest BCUT2D eigenvalue weighted by Crippen LogP contribution is -2.49. The average molecular weight is 416 g/mol. The molecule has 0 aliphatic carbocycles. The maximum absolute atomic E-state index is 13.3. The van der Waals surface area contributed by atoms with Crippen LogP contribution in [0.3, 0.4) is 0 Å². The third-order valence-electron chi connectivity index (χ3n) is 4.91. The predicted molar refractivity (Wildman–Crippen MR) is 106 cm³/mol. The Morgan fingerprint density at radius 2 is 1.62 bits per heavy atom. The summed E-state index contributed by atoms with van der Waals surface area (Å²) in [6, 6.07) is 9.31. The van der Waals surface area contributed by atoms with Gasteiger partial charge in [-0.05, 0) is 55.8 Å². The van der Waals surface area contributed by atoms with E-state index in [4.69, 9.17) is 0 Å². The zero-order valence-electron chi connectivity index (χ0n) is 16.2. The molecular formula is C19H21FN6O2S. The third-order valence-corrected chi connectivity index (χ3v) is 6.97. The Labute approximate surface area is 168 Å². The highest BCUT2D eigenvalue weighted by Gasteiger charge is 2.30. The van der Waals surface area contributed by atoms with E-state index in [2.05, 4.69) is 15.3 Å². The van der Waals surface area contributed by atoms with Gasteiger partial charge in [-0.3, -0.25) is 0 Å². The van der Waals surface area contributed by atoms with E-state index in [1.807, 2.05) is 36.2 Å². The summed E-state index contributed by atoms with van der Waals surface area (Å²) in [5.41, 5.74) is 1.30. The van der Waals surface area contributed by atoms with Crippen molar-refractivity contribution in [2.45, 2.75) is 18.7 Å². The fraction of sp³-hybridized carbons (Fsp3) is 0.316. The Bertz CT molecular complexity index is 1120. The molecule has 0 amide bonds. The molecule has 0 spiro atoms. The summed E-state index contributed by atoms with van der Waals surface area (Å²) in [7, 11) is -3.66. The molecule has 10 heteroatoms. The summed E-state index contributed by atoms with van der Waals surface area (Å²) in [6.07, 6.45) is 1.82. The largest absolute Gasteiger partial charge is 0.352 e. The number of hydrogen-bond acceptors (Lipinski definition) is 6. The quantitative estimate of drug-likeness (QED) is 0.646. The van der Waals surface area contributed by atoms with Gasteiger partial charge in [-0.1, -0.05) is 0 Å². The Balaban J connectivity index is 1.45. The van der Waals surface area contributed by atoms with Crippen molar-refractivity contribution in [2.24, 2.45) is 0 Å². The monoisotopic (exact) mass is 416 g/mol. The van der Waals surface area contributed by atoms with Crippen LogP contribution in [0.1, 0.15) is 11.3 Å². The minimum absolute atomic E-state index is 0.144. The van der Waals surface area contributed by atoms with Crippen LogP contribution < -0.4 is 4.90 Å². The van der Waals surface area contributed by atoms with Crippen LogP contribution in [-0.2, 0) is 10.0 Å². The van der Waals surface area contributed by atoms with Crippen molar-refractivity contribution in [3.05, 3.63) is 59.7 Å². The van der Waals surface area contributed by atoms with Crippen molar-refractivity contribution < 1.29 is 12.8 Å². The average Bonchev–Trinajstić information content (AvgIpc) is 3.14. The molecule has 4 rings (SSSR count). The van der Waals surface area contributed by atoms with Crippen molar-refractivity contribution in [3.63, 3.8) is 0 Å². The fourth-order valence-electron chi connectivity index (χ4n) is 3.35. The molecule has 1 aromatic carbocycles. The minimum Gasteiger partial charge on any atom is -0.352 e. The second kappa shape index (κ2) is 7.53. The molecule has 0 unspecified atom stereocenters. The van der Waals surface area contributed by atoms with Crippen LogP contribution in [0.25, 0.3) is 5.82 Å². The number of halogens is 1. The van der Waals surface area contributed by atoms with E-state index in [0.717, 1.165) is 5.69 Å². The second-order valence-corrected chi connectivity index (χ2v) is 8.86. The Kier molecular flexibility index (Phi) is 5.05. The summed E-state index contributed by atoms with van der Waals surface area (Å²) in [4.78, 5) is 2.14. The molecule has 0 bridgehead atoms. The first-order valence-electron chi connectivity index (χ1n) is 9.22. The standard InChI is InChI=1S/C19H21FN6O2S/c1-14-13-16(20)3-4-17(14)29(27,28)25-11-9-24(10-12-25)18-5-6-19(22-21-18)26-8-7-15(2)23-26/h3-8,13H,9-12H2,1-2H3. The molecule has 0 N–H and O–H groups in total. The van der Waals surface area contributed by atoms with Gasteiger partial charge in [-0.25, -0.2) is 17.5 Å². The lowest BCUT2D eigenvalue weighted by atomic mass is 10.2. The molecule has 1 aliphatic rings. The molecule has 0 atom stereocenters. The van der Waals surface area contributed by atoms with E-state index in [-0.39, 0.29) is 4.90 Å². The van der Waals surface area contributed by atoms with Gasteiger partial charge in [0.25, 0.3) is 0 Å². The van der Waals surface area contributed by atoms with Gasteiger partial charge in [0.2, 0.25) is 10.0 Å². The fourth-order valence-corrected chi connectivity index (χ4v) is 4.98. The van der Waals surface area contributed by atoms with Gasteiger partial charge >= 0.3 is 0 Å². The summed E-state index contributed by atoms with van der Waals surface area (Å²) < 4.78 is 42.2. The third kappa shape index (κ3) is 3.85. The Hall–Kier alpha value is -2.85. The molecule has 1 aliphatic heterocycles. The van der Waals surface area contributed by atoms with E-state index >= 15 is 0 Å². The summed E-state index contributed by atoms with van der Waals surface area (Å²) in [6.45, 7) is 5.13. The van der Waals surface area contributed by atoms with E-state index in [9.17, 15) is 12.8 Å². The Morgan fingerprint density at radius 3 is 2.21 bits per heavy atom. The maximum atomic E-state index is 13.3. The topological polar surface area (TPSA) is 84.2 Å². The number of hydrogen-bond donors (Lipinski definition) is 0. The zero-order valence-corrected chi connectivity index (χ0v) is 17.0. The number of nitrogens with zero attached hydrogens (tertiary/aromatic N) is 6. The first-order chi connectivity index (χ1) is 13.8. The number of aryl methyl sites for hydroxylation is 2. The van der Waals surface area contributed by atoms with Gasteiger partial charge in [0.15, 0.2) is 11.6 Å². The molecule has 0 saturated carbocycles.